The smallest absolute Gasteiger partial charge is 0.493 e. The van der Waals surface area contributed by atoms with E-state index in [9.17, 15) is 26.7 Å². The van der Waals surface area contributed by atoms with Crippen molar-refractivity contribution in [2.75, 3.05) is 6.61 Å². The number of rotatable bonds is 9. The molecule has 0 unspecified atom stereocenters. The van der Waals surface area contributed by atoms with E-state index in [0.29, 0.717) is 0 Å². The molecule has 5 nitrogen and oxygen atoms in total. The van der Waals surface area contributed by atoms with E-state index < -0.39 is 30.5 Å². The number of hydrogen-bond donors (Lipinski definition) is 1. The van der Waals surface area contributed by atoms with Crippen LogP contribution in [0.5, 0.6) is 17.2 Å². The molecule has 152 valence electrons. The molecule has 0 saturated carbocycles. The molecule has 0 saturated heterocycles. The minimum absolute atomic E-state index is 0.0325. The lowest BCUT2D eigenvalue weighted by Gasteiger charge is -2.19. The SMILES string of the molecule is NC(=O)c1ccccc1OC(F)(F)CCCOc1cccc(OC(F)(F)F)c1. The molecule has 0 aliphatic carbocycles. The van der Waals surface area contributed by atoms with Gasteiger partial charge >= 0.3 is 12.5 Å². The second-order valence-corrected chi connectivity index (χ2v) is 5.57. The Morgan fingerprint density at radius 2 is 1.61 bits per heavy atom. The van der Waals surface area contributed by atoms with Crippen LogP contribution in [0.2, 0.25) is 0 Å². The van der Waals surface area contributed by atoms with Crippen molar-refractivity contribution in [3.05, 3.63) is 54.1 Å². The Labute approximate surface area is 156 Å². The van der Waals surface area contributed by atoms with Crippen molar-refractivity contribution in [1.29, 1.82) is 0 Å². The Hall–Kier alpha value is -3.04. The second-order valence-electron chi connectivity index (χ2n) is 5.57. The molecule has 28 heavy (non-hydrogen) atoms. The summed E-state index contributed by atoms with van der Waals surface area (Å²) in [6, 6.07) is 10.0. The molecule has 0 aliphatic rings. The minimum atomic E-state index is -4.85. The Morgan fingerprint density at radius 1 is 0.929 bits per heavy atom. The third-order valence-electron chi connectivity index (χ3n) is 3.33. The number of nitrogens with two attached hydrogens (primary N) is 1. The minimum Gasteiger partial charge on any atom is -0.493 e. The Bertz CT molecular complexity index is 811. The van der Waals surface area contributed by atoms with Crippen LogP contribution in [0.3, 0.4) is 0 Å². The Balaban J connectivity index is 1.86. The van der Waals surface area contributed by atoms with E-state index in [1.807, 2.05) is 0 Å². The van der Waals surface area contributed by atoms with Crippen LogP contribution in [0.1, 0.15) is 23.2 Å². The number of halogens is 5. The molecule has 2 aromatic rings. The van der Waals surface area contributed by atoms with Crippen molar-refractivity contribution in [2.24, 2.45) is 5.73 Å². The number of para-hydroxylation sites is 1. The highest BCUT2D eigenvalue weighted by Crippen LogP contribution is 2.29. The first-order chi connectivity index (χ1) is 13.1. The number of ether oxygens (including phenoxy) is 3. The van der Waals surface area contributed by atoms with Crippen LogP contribution in [-0.4, -0.2) is 25.0 Å². The van der Waals surface area contributed by atoms with Gasteiger partial charge in [0.25, 0.3) is 5.91 Å². The molecule has 0 heterocycles. The topological polar surface area (TPSA) is 70.8 Å². The zero-order valence-corrected chi connectivity index (χ0v) is 14.3. The van der Waals surface area contributed by atoms with Gasteiger partial charge in [-0.15, -0.1) is 13.2 Å². The van der Waals surface area contributed by atoms with Gasteiger partial charge in [0.2, 0.25) is 0 Å². The van der Waals surface area contributed by atoms with Crippen molar-refractivity contribution < 1.29 is 41.0 Å². The van der Waals surface area contributed by atoms with Gasteiger partial charge in [-0.25, -0.2) is 0 Å². The zero-order valence-electron chi connectivity index (χ0n) is 14.3. The number of primary amides is 1. The van der Waals surface area contributed by atoms with Crippen LogP contribution >= 0.6 is 0 Å². The second kappa shape index (κ2) is 8.77. The summed E-state index contributed by atoms with van der Waals surface area (Å²) in [5, 5.41) is 0. The molecule has 2 N–H and O–H groups in total. The van der Waals surface area contributed by atoms with Crippen molar-refractivity contribution >= 4 is 5.91 Å². The third-order valence-corrected chi connectivity index (χ3v) is 3.33. The lowest BCUT2D eigenvalue weighted by molar-refractivity contribution is -0.274. The van der Waals surface area contributed by atoms with Crippen LogP contribution in [0.15, 0.2) is 48.5 Å². The van der Waals surface area contributed by atoms with Crippen LogP contribution in [0.4, 0.5) is 22.0 Å². The molecule has 2 aromatic carbocycles. The molecule has 0 spiro atoms. The van der Waals surface area contributed by atoms with Gasteiger partial charge in [-0.3, -0.25) is 4.79 Å². The van der Waals surface area contributed by atoms with Gasteiger partial charge in [0.15, 0.2) is 0 Å². The number of carbonyl (C=O) groups excluding carboxylic acids is 1. The standard InChI is InChI=1S/C18H16F5NO4/c19-17(20,28-15-8-2-1-7-14(15)16(24)25)9-4-10-26-12-5-3-6-13(11-12)27-18(21,22)23/h1-3,5-8,11H,4,9-10H2,(H2,24,25). The largest absolute Gasteiger partial charge is 0.573 e. The predicted octanol–water partition coefficient (Wildman–Crippen LogP) is 4.51. The number of carbonyl (C=O) groups is 1. The van der Waals surface area contributed by atoms with Gasteiger partial charge in [0, 0.05) is 6.07 Å². The molecule has 0 aromatic heterocycles. The Morgan fingerprint density at radius 3 is 2.29 bits per heavy atom. The van der Waals surface area contributed by atoms with E-state index in [4.69, 9.17) is 10.5 Å². The molecule has 10 heteroatoms. The van der Waals surface area contributed by atoms with Crippen molar-refractivity contribution in [2.45, 2.75) is 25.3 Å². The van der Waals surface area contributed by atoms with E-state index in [0.717, 1.165) is 12.1 Å². The van der Waals surface area contributed by atoms with Crippen LogP contribution < -0.4 is 19.9 Å². The van der Waals surface area contributed by atoms with E-state index in [-0.39, 0.29) is 30.1 Å². The molecule has 0 fully saturated rings. The molecule has 0 radical (unpaired) electrons. The lowest BCUT2D eigenvalue weighted by Crippen LogP contribution is -2.27. The highest BCUT2D eigenvalue weighted by atomic mass is 19.4. The average Bonchev–Trinajstić information content (AvgIpc) is 2.57. The fraction of sp³-hybridized carbons (Fsp3) is 0.278. The molecule has 0 atom stereocenters. The van der Waals surface area contributed by atoms with E-state index in [1.54, 1.807) is 0 Å². The summed E-state index contributed by atoms with van der Waals surface area (Å²) >= 11 is 0. The molecule has 1 amide bonds. The van der Waals surface area contributed by atoms with Gasteiger partial charge in [0.1, 0.15) is 17.2 Å². The van der Waals surface area contributed by atoms with Gasteiger partial charge in [-0.1, -0.05) is 18.2 Å². The number of amides is 1. The van der Waals surface area contributed by atoms with Crippen LogP contribution in [0, 0.1) is 0 Å². The first kappa shape index (κ1) is 21.3. The third kappa shape index (κ3) is 6.93. The first-order valence-corrected chi connectivity index (χ1v) is 8.00. The zero-order chi connectivity index (χ0) is 20.8. The highest BCUT2D eigenvalue weighted by Gasteiger charge is 2.33. The summed E-state index contributed by atoms with van der Waals surface area (Å²) in [5.74, 6) is -1.71. The number of benzene rings is 2. The number of hydrogen-bond acceptors (Lipinski definition) is 4. The van der Waals surface area contributed by atoms with Gasteiger partial charge in [-0.2, -0.15) is 8.78 Å². The van der Waals surface area contributed by atoms with E-state index in [1.165, 1.54) is 36.4 Å². The molecule has 2 rings (SSSR count). The highest BCUT2D eigenvalue weighted by molar-refractivity contribution is 5.95. The van der Waals surface area contributed by atoms with Crippen molar-refractivity contribution in [1.82, 2.24) is 0 Å². The summed E-state index contributed by atoms with van der Waals surface area (Å²) < 4.78 is 77.9. The lowest BCUT2D eigenvalue weighted by atomic mass is 10.2. The fourth-order valence-corrected chi connectivity index (χ4v) is 2.20. The van der Waals surface area contributed by atoms with E-state index >= 15 is 0 Å². The fourth-order valence-electron chi connectivity index (χ4n) is 2.20. The quantitative estimate of drug-likeness (QED) is 0.492. The molecular weight excluding hydrogens is 389 g/mol. The predicted molar refractivity (Wildman–Crippen MR) is 88.4 cm³/mol. The normalized spacial score (nSPS) is 11.8. The van der Waals surface area contributed by atoms with Crippen molar-refractivity contribution in [3.63, 3.8) is 0 Å². The summed E-state index contributed by atoms with van der Waals surface area (Å²) in [6.45, 7) is -0.202. The summed E-state index contributed by atoms with van der Waals surface area (Å²) in [4.78, 5) is 11.2. The number of alkyl halides is 5. The van der Waals surface area contributed by atoms with Gasteiger partial charge < -0.3 is 19.9 Å². The molecular formula is C18H16F5NO4. The maximum Gasteiger partial charge on any atom is 0.573 e. The van der Waals surface area contributed by atoms with Crippen LogP contribution in [0.25, 0.3) is 0 Å². The maximum absolute atomic E-state index is 14.0. The van der Waals surface area contributed by atoms with Gasteiger partial charge in [-0.05, 0) is 30.7 Å². The molecule has 0 bridgehead atoms. The molecule has 0 aliphatic heterocycles. The van der Waals surface area contributed by atoms with Gasteiger partial charge in [0.05, 0.1) is 18.6 Å². The summed E-state index contributed by atoms with van der Waals surface area (Å²) in [5.41, 5.74) is 4.92. The Kier molecular flexibility index (Phi) is 6.66. The maximum atomic E-state index is 14.0. The van der Waals surface area contributed by atoms with Crippen LogP contribution in [-0.2, 0) is 0 Å². The van der Waals surface area contributed by atoms with Crippen molar-refractivity contribution in [3.8, 4) is 17.2 Å². The summed E-state index contributed by atoms with van der Waals surface area (Å²) in [7, 11) is 0. The monoisotopic (exact) mass is 405 g/mol. The average molecular weight is 405 g/mol. The first-order valence-electron chi connectivity index (χ1n) is 8.00. The van der Waals surface area contributed by atoms with E-state index in [2.05, 4.69) is 9.47 Å². The summed E-state index contributed by atoms with van der Waals surface area (Å²) in [6.07, 6.45) is -9.37.